The number of hydrogen-bond acceptors (Lipinski definition) is 3. The third-order valence-corrected chi connectivity index (χ3v) is 3.11. The molecule has 0 saturated carbocycles. The molecule has 100 valence electrons. The zero-order chi connectivity index (χ0) is 12.3. The van der Waals surface area contributed by atoms with Crippen molar-refractivity contribution in [2.75, 3.05) is 26.2 Å². The number of morpholine rings is 1. The van der Waals surface area contributed by atoms with Gasteiger partial charge >= 0.3 is 0 Å². The summed E-state index contributed by atoms with van der Waals surface area (Å²) >= 11 is 5.79. The maximum absolute atomic E-state index is 12.0. The van der Waals surface area contributed by atoms with Gasteiger partial charge in [-0.2, -0.15) is 0 Å². The Bertz CT molecular complexity index is 394. The van der Waals surface area contributed by atoms with Crippen LogP contribution in [0.25, 0.3) is 0 Å². The summed E-state index contributed by atoms with van der Waals surface area (Å²) in [4.78, 5) is 14.1. The van der Waals surface area contributed by atoms with Crippen LogP contribution in [0.2, 0.25) is 5.02 Å². The second-order valence-corrected chi connectivity index (χ2v) is 4.78. The van der Waals surface area contributed by atoms with Crippen LogP contribution in [0.15, 0.2) is 24.3 Å². The fraction of sp³-hybridized carbons (Fsp3) is 0.462. The smallest absolute Gasteiger partial charge is 0.176 e. The van der Waals surface area contributed by atoms with E-state index in [1.165, 1.54) is 0 Å². The van der Waals surface area contributed by atoms with Gasteiger partial charge in [-0.3, -0.25) is 9.69 Å². The molecule has 2 rings (SSSR count). The number of hydrogen-bond donors (Lipinski definition) is 0. The quantitative estimate of drug-likeness (QED) is 0.802. The van der Waals surface area contributed by atoms with Crippen molar-refractivity contribution in [2.24, 2.45) is 0 Å². The average Bonchev–Trinajstić information content (AvgIpc) is 2.29. The minimum atomic E-state index is 0. The Balaban J connectivity index is 0.00000162. The number of carbonyl (C=O) groups is 1. The Labute approximate surface area is 118 Å². The molecule has 0 aromatic heterocycles. The van der Waals surface area contributed by atoms with E-state index in [0.29, 0.717) is 23.7 Å². The van der Waals surface area contributed by atoms with E-state index in [1.54, 1.807) is 24.3 Å². The van der Waals surface area contributed by atoms with Gasteiger partial charge in [-0.25, -0.2) is 0 Å². The van der Waals surface area contributed by atoms with Crippen molar-refractivity contribution in [2.45, 2.75) is 13.0 Å². The van der Waals surface area contributed by atoms with E-state index < -0.39 is 0 Å². The van der Waals surface area contributed by atoms with Crippen LogP contribution in [0.1, 0.15) is 17.3 Å². The molecule has 0 aliphatic carbocycles. The molecular weight excluding hydrogens is 273 g/mol. The van der Waals surface area contributed by atoms with Gasteiger partial charge in [0.1, 0.15) is 0 Å². The minimum Gasteiger partial charge on any atom is -0.376 e. The van der Waals surface area contributed by atoms with Gasteiger partial charge in [0.2, 0.25) is 0 Å². The molecule has 1 aliphatic rings. The topological polar surface area (TPSA) is 29.5 Å². The standard InChI is InChI=1S/C13H16ClNO2.ClH/c1-10-8-15(6-7-17-10)9-13(16)11-2-4-12(14)5-3-11;/h2-5,10H,6-9H2,1H3;1H. The van der Waals surface area contributed by atoms with E-state index in [-0.39, 0.29) is 24.3 Å². The molecule has 0 N–H and O–H groups in total. The summed E-state index contributed by atoms with van der Waals surface area (Å²) < 4.78 is 5.44. The first-order chi connectivity index (χ1) is 8.15. The first-order valence-electron chi connectivity index (χ1n) is 5.78. The van der Waals surface area contributed by atoms with E-state index in [2.05, 4.69) is 4.90 Å². The van der Waals surface area contributed by atoms with Crippen LogP contribution in [0.3, 0.4) is 0 Å². The molecule has 3 nitrogen and oxygen atoms in total. The molecule has 0 radical (unpaired) electrons. The van der Waals surface area contributed by atoms with E-state index in [0.717, 1.165) is 13.1 Å². The average molecular weight is 290 g/mol. The summed E-state index contributed by atoms with van der Waals surface area (Å²) in [6, 6.07) is 7.04. The molecule has 1 saturated heterocycles. The van der Waals surface area contributed by atoms with E-state index in [4.69, 9.17) is 16.3 Å². The van der Waals surface area contributed by atoms with Crippen molar-refractivity contribution in [3.05, 3.63) is 34.9 Å². The molecule has 18 heavy (non-hydrogen) atoms. The van der Waals surface area contributed by atoms with Crippen LogP contribution in [0.4, 0.5) is 0 Å². The Morgan fingerprint density at radius 1 is 1.44 bits per heavy atom. The zero-order valence-corrected chi connectivity index (χ0v) is 11.8. The molecule has 0 spiro atoms. The number of nitrogens with zero attached hydrogens (tertiary/aromatic N) is 1. The summed E-state index contributed by atoms with van der Waals surface area (Å²) in [5.41, 5.74) is 0.716. The van der Waals surface area contributed by atoms with Gasteiger partial charge in [0.15, 0.2) is 5.78 Å². The molecule has 1 fully saturated rings. The minimum absolute atomic E-state index is 0. The second kappa shape index (κ2) is 7.10. The largest absolute Gasteiger partial charge is 0.376 e. The lowest BCUT2D eigenvalue weighted by Gasteiger charge is -2.30. The Kier molecular flexibility index (Phi) is 6.09. The van der Waals surface area contributed by atoms with Crippen molar-refractivity contribution in [3.8, 4) is 0 Å². The van der Waals surface area contributed by atoms with Gasteiger partial charge in [-0.05, 0) is 31.2 Å². The van der Waals surface area contributed by atoms with Gasteiger partial charge in [0.25, 0.3) is 0 Å². The van der Waals surface area contributed by atoms with E-state index >= 15 is 0 Å². The third-order valence-electron chi connectivity index (χ3n) is 2.86. The van der Waals surface area contributed by atoms with Gasteiger partial charge < -0.3 is 4.74 Å². The number of Topliss-reactive ketones (excluding diaryl/α,β-unsaturated/α-hetero) is 1. The predicted molar refractivity (Wildman–Crippen MR) is 74.9 cm³/mol. The number of ether oxygens (including phenoxy) is 1. The molecule has 1 aromatic rings. The molecule has 1 aromatic carbocycles. The molecule has 0 amide bonds. The van der Waals surface area contributed by atoms with Crippen LogP contribution in [0, 0.1) is 0 Å². The van der Waals surface area contributed by atoms with Gasteiger partial charge in [0, 0.05) is 23.7 Å². The summed E-state index contributed by atoms with van der Waals surface area (Å²) in [6.07, 6.45) is 0.210. The molecule has 1 aliphatic heterocycles. The molecule has 0 bridgehead atoms. The highest BCUT2D eigenvalue weighted by atomic mass is 35.5. The fourth-order valence-electron chi connectivity index (χ4n) is 1.96. The number of ketones is 1. The van der Waals surface area contributed by atoms with E-state index in [1.807, 2.05) is 6.92 Å². The van der Waals surface area contributed by atoms with Gasteiger partial charge in [0.05, 0.1) is 19.3 Å². The third kappa shape index (κ3) is 4.25. The lowest BCUT2D eigenvalue weighted by Crippen LogP contribution is -2.43. The maximum Gasteiger partial charge on any atom is 0.176 e. The molecule has 5 heteroatoms. The van der Waals surface area contributed by atoms with Crippen molar-refractivity contribution < 1.29 is 9.53 Å². The Morgan fingerprint density at radius 2 is 2.11 bits per heavy atom. The van der Waals surface area contributed by atoms with Crippen LogP contribution >= 0.6 is 24.0 Å². The summed E-state index contributed by atoms with van der Waals surface area (Å²) in [5.74, 6) is 0.135. The van der Waals surface area contributed by atoms with Crippen molar-refractivity contribution in [1.29, 1.82) is 0 Å². The van der Waals surface area contributed by atoms with Gasteiger partial charge in [-0.15, -0.1) is 12.4 Å². The molecule has 1 atom stereocenters. The highest BCUT2D eigenvalue weighted by Crippen LogP contribution is 2.11. The first-order valence-corrected chi connectivity index (χ1v) is 6.15. The molecule has 1 heterocycles. The van der Waals surface area contributed by atoms with Crippen molar-refractivity contribution in [1.82, 2.24) is 4.90 Å². The first kappa shape index (κ1) is 15.4. The van der Waals surface area contributed by atoms with Crippen molar-refractivity contribution >= 4 is 29.8 Å². The highest BCUT2D eigenvalue weighted by molar-refractivity contribution is 6.30. The van der Waals surface area contributed by atoms with Crippen molar-refractivity contribution in [3.63, 3.8) is 0 Å². The number of rotatable bonds is 3. The number of benzene rings is 1. The van der Waals surface area contributed by atoms with Crippen LogP contribution in [-0.2, 0) is 4.74 Å². The molecular formula is C13H17Cl2NO2. The number of halogens is 2. The summed E-state index contributed by atoms with van der Waals surface area (Å²) in [6.45, 7) is 4.83. The summed E-state index contributed by atoms with van der Waals surface area (Å²) in [7, 11) is 0. The van der Waals surface area contributed by atoms with E-state index in [9.17, 15) is 4.79 Å². The second-order valence-electron chi connectivity index (χ2n) is 4.35. The molecule has 1 unspecified atom stereocenters. The van der Waals surface area contributed by atoms with Crippen LogP contribution in [0.5, 0.6) is 0 Å². The lowest BCUT2D eigenvalue weighted by atomic mass is 10.1. The van der Waals surface area contributed by atoms with Gasteiger partial charge in [-0.1, -0.05) is 11.6 Å². The van der Waals surface area contributed by atoms with Crippen LogP contribution in [-0.4, -0.2) is 43.0 Å². The SMILES string of the molecule is CC1CN(CC(=O)c2ccc(Cl)cc2)CCO1.Cl. The maximum atomic E-state index is 12.0. The van der Waals surface area contributed by atoms with Crippen LogP contribution < -0.4 is 0 Å². The fourth-order valence-corrected chi connectivity index (χ4v) is 2.09. The number of carbonyl (C=O) groups excluding carboxylic acids is 1. The highest BCUT2D eigenvalue weighted by Gasteiger charge is 2.19. The zero-order valence-electron chi connectivity index (χ0n) is 10.3. The monoisotopic (exact) mass is 289 g/mol. The summed E-state index contributed by atoms with van der Waals surface area (Å²) in [5, 5.41) is 0.654. The predicted octanol–water partition coefficient (Wildman–Crippen LogP) is 2.67. The normalized spacial score (nSPS) is 20.2. The Morgan fingerprint density at radius 3 is 2.72 bits per heavy atom. The Hall–Kier alpha value is -0.610. The lowest BCUT2D eigenvalue weighted by molar-refractivity contribution is -0.0158.